The van der Waals surface area contributed by atoms with Crippen LogP contribution in [0.25, 0.3) is 10.8 Å². The third-order valence-electron chi connectivity index (χ3n) is 11.4. The fraction of sp³-hybridized carbons (Fsp3) is 0.619. The third kappa shape index (κ3) is 5.50. The van der Waals surface area contributed by atoms with Crippen LogP contribution >= 0.6 is 0 Å². The maximum atomic E-state index is 2.53. The quantitative estimate of drug-likeness (QED) is 0.180. The molecule has 0 aromatic heterocycles. The van der Waals surface area contributed by atoms with Crippen LogP contribution in [0.4, 0.5) is 0 Å². The zero-order valence-electron chi connectivity index (χ0n) is 27.6. The highest BCUT2D eigenvalue weighted by atomic mass is 14.4. The van der Waals surface area contributed by atoms with Gasteiger partial charge in [0.1, 0.15) is 0 Å². The van der Waals surface area contributed by atoms with E-state index in [0.717, 1.165) is 11.8 Å². The van der Waals surface area contributed by atoms with Gasteiger partial charge in [0.2, 0.25) is 0 Å². The number of hydrogen-bond donors (Lipinski definition) is 0. The second-order valence-corrected chi connectivity index (χ2v) is 14.2. The van der Waals surface area contributed by atoms with Crippen LogP contribution in [0.1, 0.15) is 185 Å². The molecule has 42 heavy (non-hydrogen) atoms. The summed E-state index contributed by atoms with van der Waals surface area (Å²) in [6.45, 7) is 9.65. The topological polar surface area (TPSA) is 0 Å². The van der Waals surface area contributed by atoms with Crippen LogP contribution in [-0.4, -0.2) is 0 Å². The molecule has 3 aromatic carbocycles. The molecule has 0 spiro atoms. The van der Waals surface area contributed by atoms with Gasteiger partial charge in [0.25, 0.3) is 0 Å². The van der Waals surface area contributed by atoms with E-state index in [1.54, 1.807) is 66.4 Å². The molecule has 0 aliphatic heterocycles. The highest BCUT2D eigenvalue weighted by Crippen LogP contribution is 2.50. The first kappa shape index (κ1) is 30.0. The lowest BCUT2D eigenvalue weighted by atomic mass is 9.67. The van der Waals surface area contributed by atoms with Gasteiger partial charge < -0.3 is 0 Å². The Labute approximate surface area is 258 Å². The number of rotatable bonds is 10. The van der Waals surface area contributed by atoms with E-state index < -0.39 is 0 Å². The molecule has 226 valence electrons. The van der Waals surface area contributed by atoms with Crippen molar-refractivity contribution in [3.8, 4) is 0 Å². The lowest BCUT2D eigenvalue weighted by molar-refractivity contribution is 0.438. The van der Waals surface area contributed by atoms with E-state index in [9.17, 15) is 0 Å². The zero-order valence-corrected chi connectivity index (χ0v) is 27.6. The molecule has 0 N–H and O–H groups in total. The summed E-state index contributed by atoms with van der Waals surface area (Å²) in [7, 11) is 0. The predicted octanol–water partition coefficient (Wildman–Crippen LogP) is 12.2. The minimum absolute atomic E-state index is 0.749. The average Bonchev–Trinajstić information content (AvgIpc) is 3.03. The Morgan fingerprint density at radius 2 is 0.810 bits per heavy atom. The summed E-state index contributed by atoms with van der Waals surface area (Å²) < 4.78 is 0. The van der Waals surface area contributed by atoms with Crippen molar-refractivity contribution in [1.82, 2.24) is 0 Å². The maximum Gasteiger partial charge on any atom is -0.00140 e. The highest BCUT2D eigenvalue weighted by Gasteiger charge is 2.34. The molecule has 0 heterocycles. The van der Waals surface area contributed by atoms with Crippen molar-refractivity contribution in [2.45, 2.75) is 168 Å². The summed E-state index contributed by atoms with van der Waals surface area (Å²) in [5.74, 6) is 1.50. The van der Waals surface area contributed by atoms with Gasteiger partial charge in [-0.1, -0.05) is 116 Å². The Balaban J connectivity index is 1.66. The second kappa shape index (κ2) is 13.7. The van der Waals surface area contributed by atoms with Crippen LogP contribution in [0, 0.1) is 0 Å². The summed E-state index contributed by atoms with van der Waals surface area (Å²) >= 11 is 0. The lowest BCUT2D eigenvalue weighted by Crippen LogP contribution is -2.23. The SMILES string of the molecule is CCCc1c(CCC)c(CCC)c2c(c1CCC)Cc1c(c(C3CCCCC3)c3ccccc3c1C1CCCCC1)C2. The van der Waals surface area contributed by atoms with E-state index in [2.05, 4.69) is 52.0 Å². The van der Waals surface area contributed by atoms with Gasteiger partial charge in [-0.15, -0.1) is 0 Å². The molecule has 0 saturated heterocycles. The predicted molar refractivity (Wildman–Crippen MR) is 184 cm³/mol. The number of fused-ring (bicyclic) bond motifs is 3. The van der Waals surface area contributed by atoms with Crippen molar-refractivity contribution in [3.05, 3.63) is 79.9 Å². The molecule has 3 aromatic rings. The van der Waals surface area contributed by atoms with Crippen LogP contribution in [0.2, 0.25) is 0 Å². The molecule has 0 unspecified atom stereocenters. The zero-order chi connectivity index (χ0) is 29.1. The highest BCUT2D eigenvalue weighted by molar-refractivity contribution is 5.93. The Bertz CT molecular complexity index is 1270. The lowest BCUT2D eigenvalue weighted by Gasteiger charge is -2.37. The molecule has 6 rings (SSSR count). The van der Waals surface area contributed by atoms with E-state index >= 15 is 0 Å². The monoisotopic (exact) mass is 562 g/mol. The van der Waals surface area contributed by atoms with Crippen LogP contribution < -0.4 is 0 Å². The number of benzene rings is 3. The van der Waals surface area contributed by atoms with Crippen molar-refractivity contribution in [1.29, 1.82) is 0 Å². The first-order valence-corrected chi connectivity index (χ1v) is 18.4. The van der Waals surface area contributed by atoms with Crippen LogP contribution in [0.15, 0.2) is 24.3 Å². The van der Waals surface area contributed by atoms with Gasteiger partial charge in [-0.2, -0.15) is 0 Å². The molecular formula is C42H58. The molecule has 2 saturated carbocycles. The Morgan fingerprint density at radius 3 is 1.17 bits per heavy atom. The smallest absolute Gasteiger partial charge is 0.00140 e. The summed E-state index contributed by atoms with van der Waals surface area (Å²) in [5, 5.41) is 3.27. The summed E-state index contributed by atoms with van der Waals surface area (Å²) in [6.07, 6.45) is 26.6. The normalized spacial score (nSPS) is 17.9. The van der Waals surface area contributed by atoms with Crippen molar-refractivity contribution in [2.24, 2.45) is 0 Å². The first-order chi connectivity index (χ1) is 20.7. The molecule has 3 aliphatic carbocycles. The molecule has 0 radical (unpaired) electrons. The molecule has 0 heteroatoms. The average molecular weight is 563 g/mol. The van der Waals surface area contributed by atoms with E-state index in [1.807, 2.05) is 0 Å². The van der Waals surface area contributed by atoms with Gasteiger partial charge in [-0.3, -0.25) is 0 Å². The van der Waals surface area contributed by atoms with Crippen LogP contribution in [0.3, 0.4) is 0 Å². The van der Waals surface area contributed by atoms with Crippen molar-refractivity contribution >= 4 is 10.8 Å². The minimum Gasteiger partial charge on any atom is -0.0651 e. The van der Waals surface area contributed by atoms with Crippen molar-refractivity contribution < 1.29 is 0 Å². The summed E-state index contributed by atoms with van der Waals surface area (Å²) in [4.78, 5) is 0. The van der Waals surface area contributed by atoms with Gasteiger partial charge in [0.15, 0.2) is 0 Å². The largest absolute Gasteiger partial charge is 0.0651 e. The Kier molecular flexibility index (Phi) is 9.77. The van der Waals surface area contributed by atoms with Gasteiger partial charge in [0.05, 0.1) is 0 Å². The third-order valence-corrected chi connectivity index (χ3v) is 11.4. The van der Waals surface area contributed by atoms with E-state index in [1.165, 1.54) is 128 Å². The first-order valence-electron chi connectivity index (χ1n) is 18.4. The standard InChI is InChI=1S/C42H58/c1-5-17-31-32(18-6-2)34(20-8-4)38-28-40-39(27-37(38)33(31)19-7-3)41(29-21-11-9-12-22-29)35-25-15-16-26-36(35)42(40)30-23-13-10-14-24-30/h15-16,25-26,29-30H,5-14,17-24,27-28H2,1-4H3. The van der Waals surface area contributed by atoms with Gasteiger partial charge in [0, 0.05) is 0 Å². The molecule has 0 nitrogen and oxygen atoms in total. The van der Waals surface area contributed by atoms with Crippen molar-refractivity contribution in [3.63, 3.8) is 0 Å². The maximum absolute atomic E-state index is 2.53. The second-order valence-electron chi connectivity index (χ2n) is 14.2. The molecule has 3 aliphatic rings. The fourth-order valence-electron chi connectivity index (χ4n) is 9.80. The molecular weight excluding hydrogens is 504 g/mol. The van der Waals surface area contributed by atoms with E-state index in [-0.39, 0.29) is 0 Å². The fourth-order valence-corrected chi connectivity index (χ4v) is 9.80. The summed E-state index contributed by atoms with van der Waals surface area (Å²) in [6, 6.07) is 9.76. The Hall–Kier alpha value is -2.08. The van der Waals surface area contributed by atoms with Crippen LogP contribution in [0.5, 0.6) is 0 Å². The van der Waals surface area contributed by atoms with E-state index in [0.29, 0.717) is 0 Å². The molecule has 2 fully saturated rings. The Morgan fingerprint density at radius 1 is 0.452 bits per heavy atom. The number of hydrogen-bond acceptors (Lipinski definition) is 0. The van der Waals surface area contributed by atoms with Gasteiger partial charge in [-0.05, 0) is 142 Å². The summed E-state index contributed by atoms with van der Waals surface area (Å²) in [5.41, 5.74) is 17.9. The van der Waals surface area contributed by atoms with Crippen molar-refractivity contribution in [2.75, 3.05) is 0 Å². The van der Waals surface area contributed by atoms with Crippen LogP contribution in [-0.2, 0) is 38.5 Å². The van der Waals surface area contributed by atoms with E-state index in [4.69, 9.17) is 0 Å². The minimum atomic E-state index is 0.749. The van der Waals surface area contributed by atoms with Gasteiger partial charge >= 0.3 is 0 Å². The molecule has 0 atom stereocenters. The van der Waals surface area contributed by atoms with Gasteiger partial charge in [-0.25, -0.2) is 0 Å². The molecule has 0 amide bonds. The molecule has 0 bridgehead atoms.